The van der Waals surface area contributed by atoms with Gasteiger partial charge in [0.2, 0.25) is 6.10 Å². The maximum atomic E-state index is 13.0. The molecule has 0 bridgehead atoms. The molecule has 1 unspecified atom stereocenters. The van der Waals surface area contributed by atoms with Gasteiger partial charge in [0.05, 0.1) is 6.33 Å². The van der Waals surface area contributed by atoms with Crippen molar-refractivity contribution in [3.05, 3.63) is 92.9 Å². The summed E-state index contributed by atoms with van der Waals surface area (Å²) in [5.41, 5.74) is 1.23. The van der Waals surface area contributed by atoms with Crippen LogP contribution in [0.2, 0.25) is 0 Å². The van der Waals surface area contributed by atoms with Crippen LogP contribution in [0.3, 0.4) is 0 Å². The number of aromatic nitrogens is 4. The number of nitrogens with zero attached hydrogens (tertiary/aromatic N) is 4. The first kappa shape index (κ1) is 22.7. The van der Waals surface area contributed by atoms with Gasteiger partial charge in [-0.15, -0.1) is 0 Å². The molecule has 1 amide bonds. The molecule has 0 radical (unpaired) electrons. The summed E-state index contributed by atoms with van der Waals surface area (Å²) in [4.78, 5) is 54.7. The first-order chi connectivity index (χ1) is 16.3. The summed E-state index contributed by atoms with van der Waals surface area (Å²) in [5, 5.41) is 2.77. The average molecular weight is 461 g/mol. The van der Waals surface area contributed by atoms with Gasteiger partial charge in [0, 0.05) is 25.3 Å². The summed E-state index contributed by atoms with van der Waals surface area (Å²) < 4.78 is 9.03. The van der Waals surface area contributed by atoms with E-state index in [1.54, 1.807) is 42.5 Å². The van der Waals surface area contributed by atoms with Gasteiger partial charge >= 0.3 is 11.7 Å². The lowest BCUT2D eigenvalue weighted by Crippen LogP contribution is -2.37. The Hall–Kier alpha value is -4.47. The molecule has 2 heterocycles. The minimum absolute atomic E-state index is 0.0851. The number of esters is 1. The van der Waals surface area contributed by atoms with Crippen LogP contribution in [0.4, 0.5) is 5.69 Å². The molecule has 0 aliphatic heterocycles. The van der Waals surface area contributed by atoms with Crippen LogP contribution < -0.4 is 16.6 Å². The highest BCUT2D eigenvalue weighted by molar-refractivity contribution is 5.96. The molecule has 4 rings (SSSR count). The minimum Gasteiger partial charge on any atom is -0.446 e. The Morgan fingerprint density at radius 1 is 1.00 bits per heavy atom. The summed E-state index contributed by atoms with van der Waals surface area (Å²) in [6.07, 6.45) is 0.0772. The standard InChI is InChI=1S/C24H23N5O5/c1-15-9-11-17(12-10-15)26-22(31)20(16-7-5-4-6-8-16)34-18(30)13-29-14-25-21-19(29)23(32)28(3)24(33)27(21)2/h4-12,14,20H,13H2,1-3H3,(H,26,31). The number of benzene rings is 2. The Bertz CT molecular complexity index is 1480. The van der Waals surface area contributed by atoms with E-state index in [-0.39, 0.29) is 17.7 Å². The number of carbonyl (C=O) groups excluding carboxylic acids is 2. The second-order valence-electron chi connectivity index (χ2n) is 7.89. The third-order valence-corrected chi connectivity index (χ3v) is 5.43. The molecule has 2 aromatic carbocycles. The number of aryl methyl sites for hydroxylation is 2. The average Bonchev–Trinajstić information content (AvgIpc) is 3.25. The van der Waals surface area contributed by atoms with Gasteiger partial charge < -0.3 is 14.6 Å². The number of carbonyl (C=O) groups is 2. The molecule has 1 N–H and O–H groups in total. The largest absolute Gasteiger partial charge is 0.446 e. The highest BCUT2D eigenvalue weighted by atomic mass is 16.5. The number of nitrogens with one attached hydrogen (secondary N) is 1. The molecular formula is C24H23N5O5. The lowest BCUT2D eigenvalue weighted by Gasteiger charge is -2.18. The quantitative estimate of drug-likeness (QED) is 0.437. The maximum absolute atomic E-state index is 13.0. The summed E-state index contributed by atoms with van der Waals surface area (Å²) >= 11 is 0. The molecule has 0 saturated heterocycles. The Morgan fingerprint density at radius 3 is 2.35 bits per heavy atom. The summed E-state index contributed by atoms with van der Waals surface area (Å²) in [6.45, 7) is 1.57. The molecule has 0 spiro atoms. The zero-order valence-electron chi connectivity index (χ0n) is 18.9. The van der Waals surface area contributed by atoms with Crippen LogP contribution in [0.5, 0.6) is 0 Å². The van der Waals surface area contributed by atoms with E-state index in [2.05, 4.69) is 10.3 Å². The lowest BCUT2D eigenvalue weighted by molar-refractivity contribution is -0.155. The van der Waals surface area contributed by atoms with E-state index in [1.807, 2.05) is 19.1 Å². The van der Waals surface area contributed by atoms with Crippen molar-refractivity contribution < 1.29 is 14.3 Å². The molecule has 10 heteroatoms. The Balaban J connectivity index is 1.60. The molecule has 0 saturated carbocycles. The van der Waals surface area contributed by atoms with Crippen LogP contribution in [0.25, 0.3) is 11.2 Å². The number of amides is 1. The fraction of sp³-hybridized carbons (Fsp3) is 0.208. The lowest BCUT2D eigenvalue weighted by atomic mass is 10.1. The molecule has 10 nitrogen and oxygen atoms in total. The van der Waals surface area contributed by atoms with Crippen molar-refractivity contribution in [3.8, 4) is 0 Å². The van der Waals surface area contributed by atoms with Crippen LogP contribution in [0.1, 0.15) is 17.2 Å². The Labute approximate surface area is 194 Å². The van der Waals surface area contributed by atoms with Crippen molar-refractivity contribution in [2.24, 2.45) is 14.1 Å². The number of ether oxygens (including phenoxy) is 1. The van der Waals surface area contributed by atoms with Crippen molar-refractivity contribution in [2.45, 2.75) is 19.6 Å². The van der Waals surface area contributed by atoms with Crippen LogP contribution in [0, 0.1) is 6.92 Å². The van der Waals surface area contributed by atoms with Crippen LogP contribution >= 0.6 is 0 Å². The van der Waals surface area contributed by atoms with E-state index >= 15 is 0 Å². The third-order valence-electron chi connectivity index (χ3n) is 5.43. The van der Waals surface area contributed by atoms with Crippen molar-refractivity contribution >= 4 is 28.7 Å². The van der Waals surface area contributed by atoms with Gasteiger partial charge in [0.25, 0.3) is 11.5 Å². The predicted molar refractivity (Wildman–Crippen MR) is 125 cm³/mol. The van der Waals surface area contributed by atoms with Crippen molar-refractivity contribution in [1.29, 1.82) is 0 Å². The molecule has 0 aliphatic carbocycles. The molecule has 1 atom stereocenters. The van der Waals surface area contributed by atoms with Gasteiger partial charge in [-0.05, 0) is 19.1 Å². The zero-order chi connectivity index (χ0) is 24.4. The van der Waals surface area contributed by atoms with Crippen molar-refractivity contribution in [1.82, 2.24) is 18.7 Å². The zero-order valence-corrected chi connectivity index (χ0v) is 18.9. The van der Waals surface area contributed by atoms with E-state index < -0.39 is 29.2 Å². The summed E-state index contributed by atoms with van der Waals surface area (Å²) in [6, 6.07) is 15.9. The highest BCUT2D eigenvalue weighted by Gasteiger charge is 2.26. The van der Waals surface area contributed by atoms with E-state index in [0.717, 1.165) is 10.1 Å². The molecule has 2 aromatic heterocycles. The molecular weight excluding hydrogens is 438 g/mol. The SMILES string of the molecule is Cc1ccc(NC(=O)C(OC(=O)Cn2cnc3c2c(=O)n(C)c(=O)n3C)c2ccccc2)cc1. The molecule has 34 heavy (non-hydrogen) atoms. The van der Waals surface area contributed by atoms with Gasteiger partial charge in [-0.3, -0.25) is 23.5 Å². The third kappa shape index (κ3) is 4.38. The van der Waals surface area contributed by atoms with Crippen LogP contribution in [0.15, 0.2) is 70.5 Å². The number of imidazole rings is 1. The molecule has 4 aromatic rings. The minimum atomic E-state index is -1.21. The molecule has 0 fully saturated rings. The first-order valence-corrected chi connectivity index (χ1v) is 10.5. The van der Waals surface area contributed by atoms with E-state index in [0.29, 0.717) is 11.3 Å². The summed E-state index contributed by atoms with van der Waals surface area (Å²) in [5.74, 6) is -1.26. The number of hydrogen-bond donors (Lipinski definition) is 1. The van der Waals surface area contributed by atoms with E-state index in [4.69, 9.17) is 4.74 Å². The summed E-state index contributed by atoms with van der Waals surface area (Å²) in [7, 11) is 2.83. The second kappa shape index (κ2) is 9.18. The fourth-order valence-corrected chi connectivity index (χ4v) is 3.57. The number of hydrogen-bond acceptors (Lipinski definition) is 6. The van der Waals surface area contributed by atoms with E-state index in [9.17, 15) is 19.2 Å². The molecule has 174 valence electrons. The van der Waals surface area contributed by atoms with Crippen LogP contribution in [-0.2, 0) is 35.0 Å². The van der Waals surface area contributed by atoms with Gasteiger partial charge in [-0.2, -0.15) is 0 Å². The number of fused-ring (bicyclic) bond motifs is 1. The van der Waals surface area contributed by atoms with Crippen molar-refractivity contribution in [3.63, 3.8) is 0 Å². The van der Waals surface area contributed by atoms with Gasteiger partial charge in [-0.1, -0.05) is 48.0 Å². The number of rotatable bonds is 6. The first-order valence-electron chi connectivity index (χ1n) is 10.5. The predicted octanol–water partition coefficient (Wildman–Crippen LogP) is 1.67. The topological polar surface area (TPSA) is 117 Å². The van der Waals surface area contributed by atoms with Gasteiger partial charge in [0.15, 0.2) is 11.2 Å². The Morgan fingerprint density at radius 2 is 1.68 bits per heavy atom. The highest BCUT2D eigenvalue weighted by Crippen LogP contribution is 2.21. The van der Waals surface area contributed by atoms with Crippen LogP contribution in [-0.4, -0.2) is 30.6 Å². The normalized spacial score (nSPS) is 11.9. The maximum Gasteiger partial charge on any atom is 0.332 e. The second-order valence-corrected chi connectivity index (χ2v) is 7.89. The van der Waals surface area contributed by atoms with E-state index in [1.165, 1.54) is 29.6 Å². The van der Waals surface area contributed by atoms with Gasteiger partial charge in [-0.25, -0.2) is 9.78 Å². The molecule has 0 aliphatic rings. The fourth-order valence-electron chi connectivity index (χ4n) is 3.57. The monoisotopic (exact) mass is 461 g/mol. The van der Waals surface area contributed by atoms with Gasteiger partial charge in [0.1, 0.15) is 6.54 Å². The van der Waals surface area contributed by atoms with Crippen molar-refractivity contribution in [2.75, 3.05) is 5.32 Å². The number of anilines is 1. The smallest absolute Gasteiger partial charge is 0.332 e. The Kier molecular flexibility index (Phi) is 6.13.